The van der Waals surface area contributed by atoms with Crippen LogP contribution in [0.4, 0.5) is 13.2 Å². The summed E-state index contributed by atoms with van der Waals surface area (Å²) in [5.41, 5.74) is 0.595. The molecule has 2 rings (SSSR count). The van der Waals surface area contributed by atoms with E-state index in [4.69, 9.17) is 0 Å². The van der Waals surface area contributed by atoms with Crippen LogP contribution in [0, 0.1) is 10.1 Å². The van der Waals surface area contributed by atoms with E-state index < -0.39 is 17.6 Å². The molecule has 1 aromatic rings. The summed E-state index contributed by atoms with van der Waals surface area (Å²) in [4.78, 5) is 11.1. The van der Waals surface area contributed by atoms with Crippen molar-refractivity contribution < 1.29 is 18.1 Å². The van der Waals surface area contributed by atoms with Gasteiger partial charge in [0, 0.05) is 6.54 Å². The van der Waals surface area contributed by atoms with Gasteiger partial charge in [0.2, 0.25) is 0 Å². The minimum atomic E-state index is -4.38. The second-order valence-electron chi connectivity index (χ2n) is 3.95. The highest BCUT2D eigenvalue weighted by Gasteiger charge is 2.33. The molecule has 0 unspecified atom stereocenters. The van der Waals surface area contributed by atoms with E-state index in [0.717, 1.165) is 11.1 Å². The molecule has 0 N–H and O–H groups in total. The predicted molar refractivity (Wildman–Crippen MR) is 57.9 cm³/mol. The molecule has 1 heterocycles. The number of hydrogen-bond donors (Lipinski definition) is 0. The molecule has 0 aliphatic carbocycles. The molecule has 0 saturated carbocycles. The fraction of sp³-hybridized carbons (Fsp3) is 0.273. The lowest BCUT2D eigenvalue weighted by molar-refractivity contribution is -0.376. The zero-order valence-electron chi connectivity index (χ0n) is 9.15. The maximum atomic E-state index is 12.3. The van der Waals surface area contributed by atoms with Crippen molar-refractivity contribution in [1.82, 2.24) is 4.90 Å². The normalized spacial score (nSPS) is 15.1. The molecule has 1 aliphatic heterocycles. The van der Waals surface area contributed by atoms with Crippen LogP contribution in [0.25, 0.3) is 5.70 Å². The van der Waals surface area contributed by atoms with Gasteiger partial charge in [-0.05, 0) is 11.6 Å². The lowest BCUT2D eigenvalue weighted by atomic mass is 10.0. The Labute approximate surface area is 100 Å². The summed E-state index contributed by atoms with van der Waals surface area (Å²) < 4.78 is 36.9. The summed E-state index contributed by atoms with van der Waals surface area (Å²) in [6, 6.07) is 6.40. The van der Waals surface area contributed by atoms with E-state index in [1.54, 1.807) is 18.2 Å². The number of nitro groups is 1. The smallest absolute Gasteiger partial charge is 0.359 e. The highest BCUT2D eigenvalue weighted by molar-refractivity contribution is 5.63. The quantitative estimate of drug-likeness (QED) is 0.605. The van der Waals surface area contributed by atoms with E-state index in [1.165, 1.54) is 6.07 Å². The van der Waals surface area contributed by atoms with Crippen molar-refractivity contribution in [1.29, 1.82) is 0 Å². The van der Waals surface area contributed by atoms with Crippen LogP contribution < -0.4 is 0 Å². The molecule has 4 nitrogen and oxygen atoms in total. The molecule has 96 valence electrons. The maximum absolute atomic E-state index is 12.3. The van der Waals surface area contributed by atoms with Crippen molar-refractivity contribution in [3.05, 3.63) is 51.7 Å². The number of fused-ring (bicyclic) bond motifs is 1. The Kier molecular flexibility index (Phi) is 2.98. The second kappa shape index (κ2) is 4.32. The van der Waals surface area contributed by atoms with Gasteiger partial charge in [-0.1, -0.05) is 18.2 Å². The van der Waals surface area contributed by atoms with Crippen LogP contribution in [0.3, 0.4) is 0 Å². The monoisotopic (exact) mass is 258 g/mol. The van der Waals surface area contributed by atoms with Crippen molar-refractivity contribution in [2.75, 3.05) is 6.54 Å². The van der Waals surface area contributed by atoms with Gasteiger partial charge in [0.05, 0.1) is 16.7 Å². The minimum Gasteiger partial charge on any atom is -0.359 e. The molecule has 7 heteroatoms. The fourth-order valence-corrected chi connectivity index (χ4v) is 1.89. The highest BCUT2D eigenvalue weighted by atomic mass is 19.4. The minimum absolute atomic E-state index is 0.0209. The van der Waals surface area contributed by atoms with E-state index in [2.05, 4.69) is 0 Å². The van der Waals surface area contributed by atoms with Crippen LogP contribution in [0.1, 0.15) is 11.1 Å². The first kappa shape index (κ1) is 12.4. The fourth-order valence-electron chi connectivity index (χ4n) is 1.89. The van der Waals surface area contributed by atoms with E-state index >= 15 is 0 Å². The summed E-state index contributed by atoms with van der Waals surface area (Å²) in [6.07, 6.45) is -3.43. The Balaban J connectivity index is 2.36. The zero-order valence-corrected chi connectivity index (χ0v) is 9.15. The van der Waals surface area contributed by atoms with Crippen molar-refractivity contribution >= 4 is 5.70 Å². The first-order chi connectivity index (χ1) is 8.37. The summed E-state index contributed by atoms with van der Waals surface area (Å²) in [5, 5.41) is 10.9. The number of nitrogens with zero attached hydrogens (tertiary/aromatic N) is 2. The largest absolute Gasteiger partial charge is 0.405 e. The molecule has 1 aromatic carbocycles. The third-order valence-corrected chi connectivity index (χ3v) is 2.55. The number of rotatable bonds is 2. The molecule has 0 aromatic heterocycles. The Bertz CT molecular complexity index is 511. The third kappa shape index (κ3) is 2.61. The number of alkyl halides is 3. The molecular formula is C11H9F3N2O2. The lowest BCUT2D eigenvalue weighted by Gasteiger charge is -2.26. The average molecular weight is 258 g/mol. The zero-order chi connectivity index (χ0) is 13.3. The number of halogens is 3. The molecule has 0 atom stereocenters. The van der Waals surface area contributed by atoms with E-state index in [-0.39, 0.29) is 12.2 Å². The van der Waals surface area contributed by atoms with Gasteiger partial charge in [-0.3, -0.25) is 10.1 Å². The van der Waals surface area contributed by atoms with Crippen LogP contribution in [0.5, 0.6) is 0 Å². The summed E-state index contributed by atoms with van der Waals surface area (Å²) in [5.74, 6) is 0. The van der Waals surface area contributed by atoms with Crippen LogP contribution in [0.15, 0.2) is 30.5 Å². The summed E-state index contributed by atoms with van der Waals surface area (Å²) in [6.45, 7) is -1.17. The van der Waals surface area contributed by atoms with Crippen LogP contribution in [-0.4, -0.2) is 22.5 Å². The Hall–Kier alpha value is -2.05. The van der Waals surface area contributed by atoms with Crippen LogP contribution in [-0.2, 0) is 6.54 Å². The summed E-state index contributed by atoms with van der Waals surface area (Å²) in [7, 11) is 0. The van der Waals surface area contributed by atoms with Crippen LogP contribution >= 0.6 is 0 Å². The molecule has 0 radical (unpaired) electrons. The summed E-state index contributed by atoms with van der Waals surface area (Å²) >= 11 is 0. The number of benzene rings is 1. The first-order valence-corrected chi connectivity index (χ1v) is 5.12. The Morgan fingerprint density at radius 3 is 2.61 bits per heavy atom. The molecular weight excluding hydrogens is 249 g/mol. The van der Waals surface area contributed by atoms with Gasteiger partial charge in [-0.25, -0.2) is 0 Å². The van der Waals surface area contributed by atoms with Gasteiger partial charge >= 0.3 is 6.18 Å². The average Bonchev–Trinajstić information content (AvgIpc) is 2.25. The van der Waals surface area contributed by atoms with E-state index in [1.807, 2.05) is 0 Å². The standard InChI is InChI=1S/C11H9F3N2O2/c12-11(13,14)7-15-5-8-3-1-2-4-9(8)10(6-15)16(17)18/h1-4,6H,5,7H2. The third-order valence-electron chi connectivity index (χ3n) is 2.55. The molecule has 0 amide bonds. The second-order valence-corrected chi connectivity index (χ2v) is 3.95. The van der Waals surface area contributed by atoms with Crippen molar-refractivity contribution in [3.63, 3.8) is 0 Å². The Morgan fingerprint density at radius 2 is 2.00 bits per heavy atom. The van der Waals surface area contributed by atoms with Gasteiger partial charge in [0.25, 0.3) is 5.70 Å². The molecule has 0 fully saturated rings. The van der Waals surface area contributed by atoms with Gasteiger partial charge in [-0.2, -0.15) is 13.2 Å². The molecule has 1 aliphatic rings. The van der Waals surface area contributed by atoms with Gasteiger partial charge in [0.1, 0.15) is 6.54 Å². The van der Waals surface area contributed by atoms with Crippen LogP contribution in [0.2, 0.25) is 0 Å². The van der Waals surface area contributed by atoms with Gasteiger partial charge in [-0.15, -0.1) is 0 Å². The maximum Gasteiger partial charge on any atom is 0.405 e. The van der Waals surface area contributed by atoms with Crippen molar-refractivity contribution in [2.24, 2.45) is 0 Å². The molecule has 0 bridgehead atoms. The molecule has 18 heavy (non-hydrogen) atoms. The van der Waals surface area contributed by atoms with E-state index in [0.29, 0.717) is 11.1 Å². The van der Waals surface area contributed by atoms with Crippen molar-refractivity contribution in [3.8, 4) is 0 Å². The Morgan fingerprint density at radius 1 is 1.33 bits per heavy atom. The number of hydrogen-bond acceptors (Lipinski definition) is 3. The van der Waals surface area contributed by atoms with Gasteiger partial charge < -0.3 is 4.90 Å². The predicted octanol–water partition coefficient (Wildman–Crippen LogP) is 2.64. The highest BCUT2D eigenvalue weighted by Crippen LogP contribution is 2.29. The molecule has 0 saturated heterocycles. The van der Waals surface area contributed by atoms with Crippen molar-refractivity contribution in [2.45, 2.75) is 12.7 Å². The topological polar surface area (TPSA) is 46.4 Å². The lowest BCUT2D eigenvalue weighted by Crippen LogP contribution is -2.32. The first-order valence-electron chi connectivity index (χ1n) is 5.12. The van der Waals surface area contributed by atoms with Gasteiger partial charge in [0.15, 0.2) is 0 Å². The SMILES string of the molecule is O=[N+]([O-])C1=CN(CC(F)(F)F)Cc2ccccc21. The molecule has 0 spiro atoms. The van der Waals surface area contributed by atoms with E-state index in [9.17, 15) is 23.3 Å².